The number of ether oxygens (including phenoxy) is 2. The zero-order valence-corrected chi connectivity index (χ0v) is 8.64. The Kier molecular flexibility index (Phi) is 1.83. The van der Waals surface area contributed by atoms with E-state index < -0.39 is 0 Å². The average Bonchev–Trinajstić information content (AvgIpc) is 2.26. The number of hydrogen-bond donors (Lipinski definition) is 2. The molecule has 82 valence electrons. The largest absolute Gasteiger partial charge is 0.474 e. The summed E-state index contributed by atoms with van der Waals surface area (Å²) in [6.45, 7) is 0. The van der Waals surface area contributed by atoms with Gasteiger partial charge in [0.2, 0.25) is 0 Å². The van der Waals surface area contributed by atoms with Crippen molar-refractivity contribution >= 4 is 5.69 Å². The molecule has 0 aromatic heterocycles. The molecule has 4 nitrogen and oxygen atoms in total. The first-order chi connectivity index (χ1) is 7.72. The highest BCUT2D eigenvalue weighted by Gasteiger charge is 2.27. The van der Waals surface area contributed by atoms with Crippen molar-refractivity contribution in [3.8, 4) is 11.5 Å². The number of nitrogens with two attached hydrogens (primary N) is 2. The van der Waals surface area contributed by atoms with E-state index in [1.165, 1.54) is 0 Å². The number of anilines is 1. The van der Waals surface area contributed by atoms with Crippen LogP contribution in [0, 0.1) is 0 Å². The summed E-state index contributed by atoms with van der Waals surface area (Å²) in [6, 6.07) is 5.35. The van der Waals surface area contributed by atoms with Crippen LogP contribution in [0.25, 0.3) is 0 Å². The van der Waals surface area contributed by atoms with Gasteiger partial charge in [-0.15, -0.1) is 0 Å². The average molecular weight is 216 g/mol. The van der Waals surface area contributed by atoms with Crippen molar-refractivity contribution in [3.05, 3.63) is 41.8 Å². The van der Waals surface area contributed by atoms with Crippen molar-refractivity contribution in [1.29, 1.82) is 0 Å². The molecule has 2 aliphatic rings. The van der Waals surface area contributed by atoms with Gasteiger partial charge < -0.3 is 20.9 Å². The maximum atomic E-state index is 5.76. The molecule has 4 N–H and O–H groups in total. The molecule has 1 unspecified atom stereocenters. The summed E-state index contributed by atoms with van der Waals surface area (Å²) in [4.78, 5) is 0. The van der Waals surface area contributed by atoms with Gasteiger partial charge in [-0.05, 0) is 24.3 Å². The van der Waals surface area contributed by atoms with Gasteiger partial charge in [-0.3, -0.25) is 0 Å². The van der Waals surface area contributed by atoms with Crippen LogP contribution >= 0.6 is 0 Å². The van der Waals surface area contributed by atoms with Crippen LogP contribution in [0.3, 0.4) is 0 Å². The number of allylic oxidation sites excluding steroid dienone is 1. The standard InChI is InChI=1S/C12H12N2O2/c13-7-1-3-9-11(5-7)16-10-4-2-8(14)6-12(10)15-9/h1,3-6,12H,2,13-14H2. The quantitative estimate of drug-likeness (QED) is 0.645. The summed E-state index contributed by atoms with van der Waals surface area (Å²) in [6.07, 6.45) is 4.30. The third-order valence-electron chi connectivity index (χ3n) is 2.63. The zero-order valence-electron chi connectivity index (χ0n) is 8.64. The maximum Gasteiger partial charge on any atom is 0.176 e. The van der Waals surface area contributed by atoms with Gasteiger partial charge in [0.1, 0.15) is 5.76 Å². The summed E-state index contributed by atoms with van der Waals surface area (Å²) < 4.78 is 11.5. The lowest BCUT2D eigenvalue weighted by atomic mass is 10.1. The molecule has 0 amide bonds. The molecular formula is C12H12N2O2. The minimum absolute atomic E-state index is 0.204. The lowest BCUT2D eigenvalue weighted by molar-refractivity contribution is 0.177. The lowest BCUT2D eigenvalue weighted by Crippen LogP contribution is -2.28. The van der Waals surface area contributed by atoms with Crippen molar-refractivity contribution in [2.24, 2.45) is 5.73 Å². The molecule has 0 fully saturated rings. The van der Waals surface area contributed by atoms with E-state index in [0.717, 1.165) is 11.5 Å². The predicted octanol–water partition coefficient (Wildman–Crippen LogP) is 1.54. The van der Waals surface area contributed by atoms with Gasteiger partial charge in [0.05, 0.1) is 0 Å². The molecule has 1 heterocycles. The Labute approximate surface area is 93.1 Å². The Morgan fingerprint density at radius 1 is 1.19 bits per heavy atom. The number of nitrogen functional groups attached to an aromatic ring is 1. The first-order valence-corrected chi connectivity index (χ1v) is 5.12. The minimum Gasteiger partial charge on any atom is -0.474 e. The van der Waals surface area contributed by atoms with Crippen LogP contribution in [0.15, 0.2) is 41.8 Å². The second-order valence-corrected chi connectivity index (χ2v) is 3.90. The molecule has 1 atom stereocenters. The molecule has 1 aromatic carbocycles. The summed E-state index contributed by atoms with van der Waals surface area (Å²) in [5.41, 5.74) is 12.9. The van der Waals surface area contributed by atoms with Crippen LogP contribution in [0.1, 0.15) is 6.42 Å². The Balaban J connectivity index is 2.01. The van der Waals surface area contributed by atoms with Crippen LogP contribution in [0.5, 0.6) is 11.5 Å². The van der Waals surface area contributed by atoms with Crippen molar-refractivity contribution in [2.45, 2.75) is 12.5 Å². The second kappa shape index (κ2) is 3.20. The molecule has 0 saturated heterocycles. The lowest BCUT2D eigenvalue weighted by Gasteiger charge is -2.29. The number of hydrogen-bond acceptors (Lipinski definition) is 4. The molecule has 0 spiro atoms. The summed E-state index contributed by atoms with van der Waals surface area (Å²) in [5.74, 6) is 2.14. The third-order valence-corrected chi connectivity index (χ3v) is 2.63. The Morgan fingerprint density at radius 2 is 2.06 bits per heavy atom. The van der Waals surface area contributed by atoms with E-state index in [2.05, 4.69) is 0 Å². The van der Waals surface area contributed by atoms with Crippen LogP contribution in [0.2, 0.25) is 0 Å². The van der Waals surface area contributed by atoms with Gasteiger partial charge in [0.15, 0.2) is 17.6 Å². The fraction of sp³-hybridized carbons (Fsp3) is 0.167. The molecule has 1 aliphatic carbocycles. The number of fused-ring (bicyclic) bond motifs is 2. The first kappa shape index (κ1) is 9.15. The molecule has 1 aromatic rings. The van der Waals surface area contributed by atoms with E-state index in [0.29, 0.717) is 23.6 Å². The zero-order chi connectivity index (χ0) is 11.1. The van der Waals surface area contributed by atoms with E-state index in [1.807, 2.05) is 12.2 Å². The highest BCUT2D eigenvalue weighted by atomic mass is 16.6. The highest BCUT2D eigenvalue weighted by molar-refractivity contribution is 5.54. The van der Waals surface area contributed by atoms with Gasteiger partial charge in [0.25, 0.3) is 0 Å². The number of rotatable bonds is 0. The molecular weight excluding hydrogens is 204 g/mol. The van der Waals surface area contributed by atoms with E-state index in [1.54, 1.807) is 18.2 Å². The normalized spacial score (nSPS) is 21.9. The monoisotopic (exact) mass is 216 g/mol. The summed E-state index contributed by atoms with van der Waals surface area (Å²) in [5, 5.41) is 0. The van der Waals surface area contributed by atoms with E-state index >= 15 is 0 Å². The number of benzene rings is 1. The third kappa shape index (κ3) is 1.39. The first-order valence-electron chi connectivity index (χ1n) is 5.12. The van der Waals surface area contributed by atoms with Crippen LogP contribution in [0.4, 0.5) is 5.69 Å². The topological polar surface area (TPSA) is 70.5 Å². The molecule has 0 radical (unpaired) electrons. The van der Waals surface area contributed by atoms with E-state index in [4.69, 9.17) is 20.9 Å². The van der Waals surface area contributed by atoms with Crippen molar-refractivity contribution in [1.82, 2.24) is 0 Å². The fourth-order valence-electron chi connectivity index (χ4n) is 1.84. The van der Waals surface area contributed by atoms with Crippen LogP contribution in [-0.4, -0.2) is 6.10 Å². The minimum atomic E-state index is -0.204. The van der Waals surface area contributed by atoms with Gasteiger partial charge in [0, 0.05) is 23.9 Å². The molecule has 3 rings (SSSR count). The Hall–Kier alpha value is -2.10. The molecule has 4 heteroatoms. The smallest absolute Gasteiger partial charge is 0.176 e. The van der Waals surface area contributed by atoms with Crippen molar-refractivity contribution in [3.63, 3.8) is 0 Å². The van der Waals surface area contributed by atoms with Crippen LogP contribution in [-0.2, 0) is 0 Å². The van der Waals surface area contributed by atoms with Gasteiger partial charge >= 0.3 is 0 Å². The second-order valence-electron chi connectivity index (χ2n) is 3.90. The van der Waals surface area contributed by atoms with Crippen molar-refractivity contribution < 1.29 is 9.47 Å². The van der Waals surface area contributed by atoms with Gasteiger partial charge in [-0.2, -0.15) is 0 Å². The van der Waals surface area contributed by atoms with Gasteiger partial charge in [-0.25, -0.2) is 0 Å². The molecule has 1 aliphatic heterocycles. The van der Waals surface area contributed by atoms with E-state index in [-0.39, 0.29) is 6.10 Å². The Bertz CT molecular complexity index is 506. The summed E-state index contributed by atoms with van der Waals surface area (Å²) >= 11 is 0. The predicted molar refractivity (Wildman–Crippen MR) is 60.9 cm³/mol. The van der Waals surface area contributed by atoms with Crippen LogP contribution < -0.4 is 20.9 Å². The van der Waals surface area contributed by atoms with Gasteiger partial charge in [-0.1, -0.05) is 0 Å². The molecule has 0 bridgehead atoms. The molecule has 0 saturated carbocycles. The van der Waals surface area contributed by atoms with Crippen molar-refractivity contribution in [2.75, 3.05) is 5.73 Å². The summed E-state index contributed by atoms with van der Waals surface area (Å²) in [7, 11) is 0. The van der Waals surface area contributed by atoms with E-state index in [9.17, 15) is 0 Å². The Morgan fingerprint density at radius 3 is 2.94 bits per heavy atom. The fourth-order valence-corrected chi connectivity index (χ4v) is 1.84. The maximum absolute atomic E-state index is 5.76. The highest BCUT2D eigenvalue weighted by Crippen LogP contribution is 2.38. The molecule has 16 heavy (non-hydrogen) atoms. The SMILES string of the molecule is NC1=CC2Oc3ccc(N)cc3OC2=CC1.